The maximum Gasteiger partial charge on any atom is 0.219 e. The molecule has 0 aliphatic carbocycles. The molecule has 1 aliphatic heterocycles. The van der Waals surface area contributed by atoms with Crippen LogP contribution in [0.2, 0.25) is 13.1 Å². The summed E-state index contributed by atoms with van der Waals surface area (Å²) in [5.74, 6) is 0. The Hall–Kier alpha value is -0.863. The van der Waals surface area contributed by atoms with Crippen molar-refractivity contribution in [1.29, 1.82) is 0 Å². The maximum absolute atomic E-state index is 6.13. The second-order valence-electron chi connectivity index (χ2n) is 4.23. The van der Waals surface area contributed by atoms with E-state index < -0.39 is 8.32 Å². The van der Waals surface area contributed by atoms with Gasteiger partial charge in [0.25, 0.3) is 0 Å². The van der Waals surface area contributed by atoms with Crippen molar-refractivity contribution in [2.45, 2.75) is 25.6 Å². The first-order chi connectivity index (χ1) is 6.65. The zero-order valence-electron chi connectivity index (χ0n) is 8.79. The van der Waals surface area contributed by atoms with Gasteiger partial charge in [-0.05, 0) is 30.3 Å². The highest BCUT2D eigenvalue weighted by atomic mass is 28.4. The summed E-state index contributed by atoms with van der Waals surface area (Å²) < 4.78 is 6.13. The van der Waals surface area contributed by atoms with Gasteiger partial charge in [0.05, 0.1) is 6.10 Å². The average Bonchev–Trinajstić information content (AvgIpc) is 2.41. The molecular formula is C12H16OSi. The summed E-state index contributed by atoms with van der Waals surface area (Å²) in [5.41, 5.74) is 1.38. The lowest BCUT2D eigenvalue weighted by Crippen LogP contribution is -2.39. The van der Waals surface area contributed by atoms with Crippen molar-refractivity contribution in [2.24, 2.45) is 0 Å². The summed E-state index contributed by atoms with van der Waals surface area (Å²) >= 11 is 0. The molecular weight excluding hydrogens is 188 g/mol. The van der Waals surface area contributed by atoms with Crippen molar-refractivity contribution in [3.8, 4) is 0 Å². The van der Waals surface area contributed by atoms with Gasteiger partial charge in [-0.3, -0.25) is 0 Å². The van der Waals surface area contributed by atoms with Crippen molar-refractivity contribution in [3.63, 3.8) is 0 Å². The van der Waals surface area contributed by atoms with Gasteiger partial charge in [-0.2, -0.15) is 0 Å². The van der Waals surface area contributed by atoms with E-state index >= 15 is 0 Å². The number of hydrogen-bond acceptors (Lipinski definition) is 1. The largest absolute Gasteiger partial charge is 0.406 e. The van der Waals surface area contributed by atoms with Crippen molar-refractivity contribution in [1.82, 2.24) is 0 Å². The Balaban J connectivity index is 2.43. The molecule has 1 aliphatic rings. The van der Waals surface area contributed by atoms with Gasteiger partial charge in [-0.25, -0.2) is 0 Å². The highest BCUT2D eigenvalue weighted by Gasteiger charge is 2.38. The minimum atomic E-state index is -1.61. The molecule has 1 atom stereocenters. The summed E-state index contributed by atoms with van der Waals surface area (Å²) in [7, 11) is -1.61. The Labute approximate surface area is 86.5 Å². The van der Waals surface area contributed by atoms with E-state index in [0.717, 1.165) is 6.42 Å². The maximum atomic E-state index is 6.13. The quantitative estimate of drug-likeness (QED) is 0.531. The van der Waals surface area contributed by atoms with Gasteiger partial charge in [0.1, 0.15) is 0 Å². The Morgan fingerprint density at radius 1 is 1.43 bits per heavy atom. The van der Waals surface area contributed by atoms with Crippen molar-refractivity contribution < 1.29 is 4.43 Å². The predicted molar refractivity (Wildman–Crippen MR) is 62.2 cm³/mol. The van der Waals surface area contributed by atoms with E-state index in [1.807, 2.05) is 6.08 Å². The molecule has 2 rings (SSSR count). The fourth-order valence-electron chi connectivity index (χ4n) is 2.14. The zero-order chi connectivity index (χ0) is 10.2. The first-order valence-electron chi connectivity index (χ1n) is 5.03. The Morgan fingerprint density at radius 3 is 2.86 bits per heavy atom. The molecule has 1 aromatic rings. The average molecular weight is 204 g/mol. The molecule has 1 nitrogen and oxygen atoms in total. The normalized spacial score (nSPS) is 23.1. The third kappa shape index (κ3) is 1.45. The summed E-state index contributed by atoms with van der Waals surface area (Å²) in [5, 5.41) is 1.45. The molecule has 0 fully saturated rings. The standard InChI is InChI=1S/C12H16OSi/c1-4-7-11-10-8-5-6-9-12(10)14(2,3)13-11/h4-6,8-9,11H,1,7H2,2-3H3/t11-/m0/s1. The van der Waals surface area contributed by atoms with E-state index in [4.69, 9.17) is 4.43 Å². The molecule has 0 unspecified atom stereocenters. The third-order valence-corrected chi connectivity index (χ3v) is 5.40. The van der Waals surface area contributed by atoms with Crippen LogP contribution in [-0.2, 0) is 4.43 Å². The van der Waals surface area contributed by atoms with Crippen LogP contribution in [0, 0.1) is 0 Å². The van der Waals surface area contributed by atoms with Crippen LogP contribution < -0.4 is 5.19 Å². The highest BCUT2D eigenvalue weighted by molar-refractivity contribution is 6.85. The monoisotopic (exact) mass is 204 g/mol. The molecule has 2 heteroatoms. The van der Waals surface area contributed by atoms with Gasteiger partial charge in [0, 0.05) is 0 Å². The zero-order valence-corrected chi connectivity index (χ0v) is 9.79. The molecule has 74 valence electrons. The van der Waals surface area contributed by atoms with Gasteiger partial charge < -0.3 is 4.43 Å². The summed E-state index contributed by atoms with van der Waals surface area (Å²) in [6.07, 6.45) is 3.12. The predicted octanol–water partition coefficient (Wildman–Crippen LogP) is 2.75. The topological polar surface area (TPSA) is 9.23 Å². The van der Waals surface area contributed by atoms with Gasteiger partial charge in [0.15, 0.2) is 0 Å². The minimum absolute atomic E-state index is 0.255. The van der Waals surface area contributed by atoms with E-state index in [1.54, 1.807) is 0 Å². The van der Waals surface area contributed by atoms with Crippen LogP contribution in [-0.4, -0.2) is 8.32 Å². The van der Waals surface area contributed by atoms with Crippen molar-refractivity contribution in [3.05, 3.63) is 42.5 Å². The molecule has 0 saturated heterocycles. The second-order valence-corrected chi connectivity index (χ2v) is 8.02. The van der Waals surface area contributed by atoms with Crippen LogP contribution in [0.3, 0.4) is 0 Å². The Bertz CT molecular complexity index is 357. The number of rotatable bonds is 2. The second kappa shape index (κ2) is 3.37. The molecule has 14 heavy (non-hydrogen) atoms. The van der Waals surface area contributed by atoms with Gasteiger partial charge in [-0.15, -0.1) is 6.58 Å². The van der Waals surface area contributed by atoms with Crippen molar-refractivity contribution >= 4 is 13.5 Å². The lowest BCUT2D eigenvalue weighted by molar-refractivity contribution is 0.220. The number of hydrogen-bond donors (Lipinski definition) is 0. The van der Waals surface area contributed by atoms with Crippen LogP contribution in [0.15, 0.2) is 36.9 Å². The first kappa shape index (κ1) is 9.68. The Morgan fingerprint density at radius 2 is 2.14 bits per heavy atom. The van der Waals surface area contributed by atoms with E-state index in [1.165, 1.54) is 10.8 Å². The Kier molecular flexibility index (Phi) is 2.33. The van der Waals surface area contributed by atoms with E-state index in [9.17, 15) is 0 Å². The highest BCUT2D eigenvalue weighted by Crippen LogP contribution is 2.32. The van der Waals surface area contributed by atoms with E-state index in [-0.39, 0.29) is 6.10 Å². The summed E-state index contributed by atoms with van der Waals surface area (Å²) in [6, 6.07) is 8.59. The van der Waals surface area contributed by atoms with E-state index in [2.05, 4.69) is 43.9 Å². The smallest absolute Gasteiger partial charge is 0.219 e. The molecule has 0 bridgehead atoms. The molecule has 0 radical (unpaired) electrons. The summed E-state index contributed by atoms with van der Waals surface area (Å²) in [6.45, 7) is 8.30. The molecule has 0 N–H and O–H groups in total. The minimum Gasteiger partial charge on any atom is -0.406 e. The fourth-order valence-corrected chi connectivity index (χ4v) is 4.63. The molecule has 1 aromatic carbocycles. The fraction of sp³-hybridized carbons (Fsp3) is 0.333. The molecule has 0 spiro atoms. The van der Waals surface area contributed by atoms with Crippen LogP contribution in [0.1, 0.15) is 18.1 Å². The molecule has 0 amide bonds. The van der Waals surface area contributed by atoms with Gasteiger partial charge in [0.2, 0.25) is 8.32 Å². The molecule has 0 aromatic heterocycles. The third-order valence-electron chi connectivity index (χ3n) is 2.77. The van der Waals surface area contributed by atoms with Crippen LogP contribution in [0.5, 0.6) is 0 Å². The van der Waals surface area contributed by atoms with Crippen molar-refractivity contribution in [2.75, 3.05) is 0 Å². The number of benzene rings is 1. The van der Waals surface area contributed by atoms with Gasteiger partial charge >= 0.3 is 0 Å². The van der Waals surface area contributed by atoms with Gasteiger partial charge in [-0.1, -0.05) is 30.3 Å². The SMILES string of the molecule is C=CC[C@@H]1O[Si](C)(C)c2ccccc21. The van der Waals surface area contributed by atoms with Crippen LogP contribution in [0.25, 0.3) is 0 Å². The first-order valence-corrected chi connectivity index (χ1v) is 7.94. The lowest BCUT2D eigenvalue weighted by atomic mass is 10.1. The van der Waals surface area contributed by atoms with E-state index in [0.29, 0.717) is 0 Å². The van der Waals surface area contributed by atoms with Crippen LogP contribution >= 0.6 is 0 Å². The summed E-state index contributed by atoms with van der Waals surface area (Å²) in [4.78, 5) is 0. The molecule has 0 saturated carbocycles. The molecule has 1 heterocycles. The van der Waals surface area contributed by atoms with Crippen LogP contribution in [0.4, 0.5) is 0 Å². The lowest BCUT2D eigenvalue weighted by Gasteiger charge is -2.17. The number of fused-ring (bicyclic) bond motifs is 1.